The molecule has 1 unspecified atom stereocenters. The molecule has 16 heavy (non-hydrogen) atoms. The SMILES string of the molecule is CCN(CC(C)(O)CBr)C(=O)OC(C)(C)C. The zero-order chi connectivity index (χ0) is 13.0. The Hall–Kier alpha value is -0.290. The summed E-state index contributed by atoms with van der Waals surface area (Å²) in [6, 6.07) is 0. The third kappa shape index (κ3) is 6.33. The first-order valence-corrected chi connectivity index (χ1v) is 6.49. The van der Waals surface area contributed by atoms with E-state index in [1.54, 1.807) is 6.92 Å². The monoisotopic (exact) mass is 295 g/mol. The van der Waals surface area contributed by atoms with E-state index >= 15 is 0 Å². The lowest BCUT2D eigenvalue weighted by atomic mass is 10.1. The number of likely N-dealkylation sites (N-methyl/N-ethyl adjacent to an activating group) is 1. The van der Waals surface area contributed by atoms with Gasteiger partial charge < -0.3 is 14.7 Å². The highest BCUT2D eigenvalue weighted by molar-refractivity contribution is 9.09. The molecule has 96 valence electrons. The number of ether oxygens (including phenoxy) is 1. The van der Waals surface area contributed by atoms with Crippen molar-refractivity contribution >= 4 is 22.0 Å². The molecule has 1 N–H and O–H groups in total. The van der Waals surface area contributed by atoms with E-state index in [-0.39, 0.29) is 6.54 Å². The molecule has 0 aromatic heterocycles. The van der Waals surface area contributed by atoms with Gasteiger partial charge in [0.05, 0.1) is 12.1 Å². The lowest BCUT2D eigenvalue weighted by Crippen LogP contribution is -2.46. The fourth-order valence-corrected chi connectivity index (χ4v) is 1.26. The van der Waals surface area contributed by atoms with Gasteiger partial charge >= 0.3 is 6.09 Å². The summed E-state index contributed by atoms with van der Waals surface area (Å²) in [6.45, 7) is 9.76. The average molecular weight is 296 g/mol. The number of halogens is 1. The van der Waals surface area contributed by atoms with Gasteiger partial charge in [-0.15, -0.1) is 0 Å². The molecule has 0 saturated carbocycles. The van der Waals surface area contributed by atoms with Crippen molar-refractivity contribution in [2.24, 2.45) is 0 Å². The van der Waals surface area contributed by atoms with Gasteiger partial charge in [-0.05, 0) is 34.6 Å². The van der Waals surface area contributed by atoms with Crippen LogP contribution in [0.3, 0.4) is 0 Å². The summed E-state index contributed by atoms with van der Waals surface area (Å²) in [5, 5.41) is 10.3. The number of alkyl halides is 1. The van der Waals surface area contributed by atoms with Crippen molar-refractivity contribution in [3.63, 3.8) is 0 Å². The number of rotatable bonds is 4. The van der Waals surface area contributed by atoms with E-state index in [1.165, 1.54) is 4.90 Å². The molecule has 0 bridgehead atoms. The number of hydrogen-bond donors (Lipinski definition) is 1. The minimum atomic E-state index is -0.938. The van der Waals surface area contributed by atoms with Crippen molar-refractivity contribution < 1.29 is 14.6 Å². The Kier molecular flexibility index (Phi) is 5.76. The Balaban J connectivity index is 4.45. The molecule has 0 fully saturated rings. The van der Waals surface area contributed by atoms with E-state index in [0.717, 1.165) is 0 Å². The van der Waals surface area contributed by atoms with Crippen molar-refractivity contribution in [1.29, 1.82) is 0 Å². The van der Waals surface area contributed by atoms with Crippen LogP contribution in [-0.4, -0.2) is 45.7 Å². The van der Waals surface area contributed by atoms with Crippen LogP contribution in [0, 0.1) is 0 Å². The summed E-state index contributed by atoms with van der Waals surface area (Å²) in [7, 11) is 0. The van der Waals surface area contributed by atoms with Gasteiger partial charge in [-0.1, -0.05) is 15.9 Å². The van der Waals surface area contributed by atoms with Crippen LogP contribution in [0.2, 0.25) is 0 Å². The number of carbonyl (C=O) groups is 1. The molecule has 1 amide bonds. The van der Waals surface area contributed by atoms with Crippen LogP contribution in [-0.2, 0) is 4.74 Å². The maximum atomic E-state index is 11.8. The largest absolute Gasteiger partial charge is 0.444 e. The number of hydrogen-bond acceptors (Lipinski definition) is 3. The molecule has 0 aromatic carbocycles. The molecule has 0 aromatic rings. The molecule has 0 aliphatic carbocycles. The Morgan fingerprint density at radius 1 is 1.38 bits per heavy atom. The first-order valence-electron chi connectivity index (χ1n) is 5.37. The van der Waals surface area contributed by atoms with Crippen LogP contribution in [0.4, 0.5) is 4.79 Å². The van der Waals surface area contributed by atoms with Crippen molar-refractivity contribution in [1.82, 2.24) is 4.90 Å². The zero-order valence-electron chi connectivity index (χ0n) is 10.7. The van der Waals surface area contributed by atoms with Crippen LogP contribution >= 0.6 is 15.9 Å². The minimum absolute atomic E-state index is 0.254. The van der Waals surface area contributed by atoms with E-state index in [0.29, 0.717) is 11.9 Å². The quantitative estimate of drug-likeness (QED) is 0.810. The van der Waals surface area contributed by atoms with Gasteiger partial charge in [0.25, 0.3) is 0 Å². The van der Waals surface area contributed by atoms with Crippen LogP contribution in [0.1, 0.15) is 34.6 Å². The predicted molar refractivity (Wildman–Crippen MR) is 67.9 cm³/mol. The van der Waals surface area contributed by atoms with E-state index < -0.39 is 17.3 Å². The van der Waals surface area contributed by atoms with Crippen LogP contribution in [0.15, 0.2) is 0 Å². The minimum Gasteiger partial charge on any atom is -0.444 e. The van der Waals surface area contributed by atoms with Crippen molar-refractivity contribution in [2.45, 2.75) is 45.8 Å². The van der Waals surface area contributed by atoms with Gasteiger partial charge in [0.1, 0.15) is 5.60 Å². The lowest BCUT2D eigenvalue weighted by Gasteiger charge is -2.31. The first kappa shape index (κ1) is 15.7. The van der Waals surface area contributed by atoms with E-state index in [4.69, 9.17) is 4.74 Å². The molecule has 0 heterocycles. The van der Waals surface area contributed by atoms with Crippen LogP contribution < -0.4 is 0 Å². The molecular weight excluding hydrogens is 274 g/mol. The fraction of sp³-hybridized carbons (Fsp3) is 0.909. The summed E-state index contributed by atoms with van der Waals surface area (Å²) in [6.07, 6.45) is -0.392. The van der Waals surface area contributed by atoms with Crippen molar-refractivity contribution in [3.05, 3.63) is 0 Å². The lowest BCUT2D eigenvalue weighted by molar-refractivity contribution is 0.0000778. The number of amides is 1. The maximum absolute atomic E-state index is 11.8. The van der Waals surface area contributed by atoms with E-state index in [2.05, 4.69) is 15.9 Å². The Morgan fingerprint density at radius 2 is 1.88 bits per heavy atom. The highest BCUT2D eigenvalue weighted by Crippen LogP contribution is 2.14. The summed E-state index contributed by atoms with van der Waals surface area (Å²) in [5.41, 5.74) is -1.45. The molecule has 4 nitrogen and oxygen atoms in total. The van der Waals surface area contributed by atoms with Gasteiger partial charge in [-0.25, -0.2) is 4.79 Å². The second kappa shape index (κ2) is 5.87. The summed E-state index contributed by atoms with van der Waals surface area (Å²) < 4.78 is 5.24. The van der Waals surface area contributed by atoms with Gasteiger partial charge in [0.15, 0.2) is 0 Å². The topological polar surface area (TPSA) is 49.8 Å². The normalized spacial score (nSPS) is 15.4. The summed E-state index contributed by atoms with van der Waals surface area (Å²) >= 11 is 3.21. The smallest absolute Gasteiger partial charge is 0.410 e. The first-order chi connectivity index (χ1) is 7.11. The maximum Gasteiger partial charge on any atom is 0.410 e. The third-order valence-corrected chi connectivity index (χ3v) is 3.06. The number of nitrogens with zero attached hydrogens (tertiary/aromatic N) is 1. The predicted octanol–water partition coefficient (Wildman–Crippen LogP) is 2.39. The Morgan fingerprint density at radius 3 is 2.19 bits per heavy atom. The second-order valence-corrected chi connectivity index (χ2v) is 5.69. The number of carbonyl (C=O) groups excluding carboxylic acids is 1. The molecule has 0 spiro atoms. The van der Waals surface area contributed by atoms with Crippen molar-refractivity contribution in [2.75, 3.05) is 18.4 Å². The van der Waals surface area contributed by atoms with Gasteiger partial charge in [0.2, 0.25) is 0 Å². The highest BCUT2D eigenvalue weighted by Gasteiger charge is 2.27. The third-order valence-electron chi connectivity index (χ3n) is 1.85. The molecule has 1 atom stereocenters. The molecule has 0 aliphatic rings. The average Bonchev–Trinajstić information content (AvgIpc) is 2.11. The molecule has 0 aliphatic heterocycles. The molecule has 5 heteroatoms. The number of aliphatic hydroxyl groups is 1. The zero-order valence-corrected chi connectivity index (χ0v) is 12.3. The van der Waals surface area contributed by atoms with Crippen LogP contribution in [0.25, 0.3) is 0 Å². The van der Waals surface area contributed by atoms with Crippen LogP contribution in [0.5, 0.6) is 0 Å². The Bertz CT molecular complexity index is 236. The van der Waals surface area contributed by atoms with Gasteiger partial charge in [-0.2, -0.15) is 0 Å². The molecular formula is C11H22BrNO3. The van der Waals surface area contributed by atoms with E-state index in [9.17, 15) is 9.90 Å². The molecule has 0 radical (unpaired) electrons. The Labute approximate surface area is 106 Å². The highest BCUT2D eigenvalue weighted by atomic mass is 79.9. The molecule has 0 rings (SSSR count). The van der Waals surface area contributed by atoms with Gasteiger partial charge in [0, 0.05) is 11.9 Å². The van der Waals surface area contributed by atoms with Crippen molar-refractivity contribution in [3.8, 4) is 0 Å². The van der Waals surface area contributed by atoms with Gasteiger partial charge in [-0.3, -0.25) is 0 Å². The standard InChI is InChI=1S/C11H22BrNO3/c1-6-13(8-11(5,15)7-12)9(14)16-10(2,3)4/h15H,6-8H2,1-5H3. The van der Waals surface area contributed by atoms with E-state index in [1.807, 2.05) is 27.7 Å². The fourth-order valence-electron chi connectivity index (χ4n) is 1.09. The summed E-state index contributed by atoms with van der Waals surface area (Å²) in [5.74, 6) is 0. The summed E-state index contributed by atoms with van der Waals surface area (Å²) in [4.78, 5) is 13.3. The second-order valence-electron chi connectivity index (χ2n) is 5.13. The molecule has 0 saturated heterocycles.